The van der Waals surface area contributed by atoms with Crippen molar-refractivity contribution in [2.45, 2.75) is 70.2 Å². The summed E-state index contributed by atoms with van der Waals surface area (Å²) in [4.78, 5) is 40.2. The quantitative estimate of drug-likeness (QED) is 0.103. The van der Waals surface area contributed by atoms with Crippen molar-refractivity contribution in [1.29, 1.82) is 0 Å². The van der Waals surface area contributed by atoms with E-state index in [1.165, 1.54) is 38.3 Å². The molecule has 38 heavy (non-hydrogen) atoms. The summed E-state index contributed by atoms with van der Waals surface area (Å²) >= 11 is 0. The number of nitrogens with zero attached hydrogens (tertiary/aromatic N) is 4. The van der Waals surface area contributed by atoms with Crippen LogP contribution in [-0.4, -0.2) is 70.4 Å². The maximum Gasteiger partial charge on any atom is 0.459 e. The van der Waals surface area contributed by atoms with E-state index < -0.39 is 74.6 Å². The molecule has 2 N–H and O–H groups in total. The zero-order valence-corrected chi connectivity index (χ0v) is 22.2. The minimum atomic E-state index is -4.29. The molecule has 206 valence electrons. The van der Waals surface area contributed by atoms with E-state index in [1.807, 2.05) is 0 Å². The molecule has 2 heterocycles. The molecule has 1 aromatic rings. The first-order valence-corrected chi connectivity index (χ1v) is 13.3. The highest BCUT2D eigenvalue weighted by Gasteiger charge is 2.56. The van der Waals surface area contributed by atoms with Crippen LogP contribution in [0.1, 0.15) is 34.1 Å². The van der Waals surface area contributed by atoms with Crippen molar-refractivity contribution in [3.05, 3.63) is 53.1 Å². The second-order valence-corrected chi connectivity index (χ2v) is 10.9. The fourth-order valence-corrected chi connectivity index (χ4v) is 5.35. The molecule has 0 aliphatic carbocycles. The van der Waals surface area contributed by atoms with E-state index in [9.17, 15) is 24.1 Å². The molecule has 0 saturated carbocycles. The van der Waals surface area contributed by atoms with Gasteiger partial charge in [0.15, 0.2) is 12.0 Å². The smallest absolute Gasteiger partial charge is 0.459 e. The van der Waals surface area contributed by atoms with Crippen LogP contribution >= 0.6 is 7.75 Å². The largest absolute Gasteiger partial charge is 0.462 e. The third-order valence-electron chi connectivity index (χ3n) is 5.74. The van der Waals surface area contributed by atoms with E-state index in [0.29, 0.717) is 0 Å². The van der Waals surface area contributed by atoms with Gasteiger partial charge in [-0.3, -0.25) is 23.8 Å². The van der Waals surface area contributed by atoms with Crippen LogP contribution in [0.25, 0.3) is 10.4 Å². The molecule has 1 unspecified atom stereocenters. The first-order valence-electron chi connectivity index (χ1n) is 11.8. The number of aliphatic hydroxyl groups excluding tert-OH is 1. The maximum absolute atomic E-state index is 13.7. The van der Waals surface area contributed by atoms with Crippen molar-refractivity contribution in [1.82, 2.24) is 9.99 Å². The third kappa shape index (κ3) is 6.79. The summed E-state index contributed by atoms with van der Waals surface area (Å²) in [7, 11) is -4.29. The highest BCUT2D eigenvalue weighted by Crippen LogP contribution is 2.46. The van der Waals surface area contributed by atoms with Crippen molar-refractivity contribution in [3.8, 4) is 5.75 Å². The van der Waals surface area contributed by atoms with Gasteiger partial charge < -0.3 is 19.1 Å². The number of ether oxygens (including phenoxy) is 2. The number of rotatable bonds is 11. The maximum atomic E-state index is 13.7. The van der Waals surface area contributed by atoms with Crippen LogP contribution in [0.2, 0.25) is 0 Å². The number of amides is 1. The van der Waals surface area contributed by atoms with Gasteiger partial charge in [-0.2, -0.15) is 5.09 Å². The van der Waals surface area contributed by atoms with Crippen molar-refractivity contribution < 1.29 is 42.6 Å². The summed E-state index contributed by atoms with van der Waals surface area (Å²) in [5.74, 6) is -1.55. The minimum Gasteiger partial charge on any atom is -0.462 e. The molecule has 3 rings (SSSR count). The second kappa shape index (κ2) is 12.1. The van der Waals surface area contributed by atoms with Gasteiger partial charge in [-0.05, 0) is 51.4 Å². The summed E-state index contributed by atoms with van der Waals surface area (Å²) < 4.78 is 35.9. The lowest BCUT2D eigenvalue weighted by Gasteiger charge is -2.35. The van der Waals surface area contributed by atoms with Gasteiger partial charge in [-0.1, -0.05) is 23.3 Å². The van der Waals surface area contributed by atoms with Crippen LogP contribution in [0, 0.1) is 0 Å². The molecule has 1 fully saturated rings. The van der Waals surface area contributed by atoms with Crippen molar-refractivity contribution >= 4 is 25.4 Å². The molecular formula is C23H30N5O9P. The van der Waals surface area contributed by atoms with Gasteiger partial charge in [0.1, 0.15) is 23.4 Å². The van der Waals surface area contributed by atoms with Crippen LogP contribution < -0.4 is 9.61 Å². The van der Waals surface area contributed by atoms with Crippen LogP contribution in [0.5, 0.6) is 5.75 Å². The molecule has 0 radical (unpaired) electrons. The van der Waals surface area contributed by atoms with E-state index in [2.05, 4.69) is 15.1 Å². The molecule has 0 bridgehead atoms. The lowest BCUT2D eigenvalue weighted by Crippen LogP contribution is -2.52. The fraction of sp³-hybridized carbons (Fsp3) is 0.522. The highest BCUT2D eigenvalue weighted by atomic mass is 31.2. The van der Waals surface area contributed by atoms with E-state index >= 15 is 0 Å². The molecule has 0 aromatic heterocycles. The lowest BCUT2D eigenvalue weighted by molar-refractivity contribution is -0.149. The molecule has 15 heteroatoms. The van der Waals surface area contributed by atoms with Gasteiger partial charge in [0, 0.05) is 11.1 Å². The number of para-hydroxylation sites is 1. The summed E-state index contributed by atoms with van der Waals surface area (Å²) in [6, 6.07) is 6.96. The molecule has 6 atom stereocenters. The summed E-state index contributed by atoms with van der Waals surface area (Å²) in [5.41, 5.74) is 7.44. The number of benzene rings is 1. The Labute approximate surface area is 219 Å². The minimum absolute atomic E-state index is 0.172. The molecule has 0 spiro atoms. The van der Waals surface area contributed by atoms with Crippen LogP contribution in [-0.2, 0) is 32.9 Å². The van der Waals surface area contributed by atoms with E-state index in [1.54, 1.807) is 32.0 Å². The Morgan fingerprint density at radius 1 is 1.34 bits per heavy atom. The number of aliphatic hydroxyl groups is 1. The average molecular weight is 551 g/mol. The Hall–Kier alpha value is -3.25. The summed E-state index contributed by atoms with van der Waals surface area (Å²) in [6.45, 7) is 5.56. The standard InChI is InChI=1S/C23H30N5O9P/c1-14(2)35-21(32)15(3)25-38(33,37-17-8-6-5-7-9-17)34-13-18-20(31)23(4,26-27-24)22(36-18)28-11-10-16(29)12-19(28)30/h5-11,14-15,18,20,22,31H,12-13H2,1-4H3,(H,25,33)/t15-,18+,20+,22+,23+,38?/m0/s1. The van der Waals surface area contributed by atoms with Crippen LogP contribution in [0.3, 0.4) is 0 Å². The van der Waals surface area contributed by atoms with E-state index in [4.69, 9.17) is 24.1 Å². The van der Waals surface area contributed by atoms with Crippen molar-refractivity contribution in [2.24, 2.45) is 5.11 Å². The Kier molecular flexibility index (Phi) is 9.31. The average Bonchev–Trinajstić information content (AvgIpc) is 3.08. The number of azide groups is 1. The predicted molar refractivity (Wildman–Crippen MR) is 132 cm³/mol. The van der Waals surface area contributed by atoms with Gasteiger partial charge in [-0.25, -0.2) is 4.57 Å². The Bertz CT molecular complexity index is 1170. The van der Waals surface area contributed by atoms with Crippen molar-refractivity contribution in [2.75, 3.05) is 6.61 Å². The molecule has 1 aromatic carbocycles. The monoisotopic (exact) mass is 551 g/mol. The van der Waals surface area contributed by atoms with Gasteiger partial charge in [0.2, 0.25) is 5.91 Å². The molecule has 1 saturated heterocycles. The Morgan fingerprint density at radius 3 is 2.63 bits per heavy atom. The van der Waals surface area contributed by atoms with Crippen molar-refractivity contribution in [3.63, 3.8) is 0 Å². The van der Waals surface area contributed by atoms with Gasteiger partial charge in [0.25, 0.3) is 0 Å². The molecular weight excluding hydrogens is 521 g/mol. The lowest BCUT2D eigenvalue weighted by atomic mass is 9.92. The molecule has 2 aliphatic rings. The van der Waals surface area contributed by atoms with Crippen LogP contribution in [0.15, 0.2) is 47.7 Å². The number of carbonyl (C=O) groups is 3. The predicted octanol–water partition coefficient (Wildman–Crippen LogP) is 2.59. The zero-order chi connectivity index (χ0) is 28.1. The zero-order valence-electron chi connectivity index (χ0n) is 21.3. The van der Waals surface area contributed by atoms with Crippen LogP contribution in [0.4, 0.5) is 0 Å². The number of hydrogen-bond donors (Lipinski definition) is 2. The second-order valence-electron chi connectivity index (χ2n) is 9.18. The Morgan fingerprint density at radius 2 is 2.03 bits per heavy atom. The number of nitrogens with one attached hydrogen (secondary N) is 1. The van der Waals surface area contributed by atoms with Gasteiger partial charge in [0.05, 0.1) is 25.2 Å². The first-order chi connectivity index (χ1) is 17.9. The Balaban J connectivity index is 1.83. The SMILES string of the molecule is CC(C)OC(=O)[C@H](C)NP(=O)(OC[C@H]1O[C@@H](N2C=CC(=O)CC2=O)[C@](C)(N=[N+]=[N-])[C@@H]1O)Oc1ccccc1. The van der Waals surface area contributed by atoms with Gasteiger partial charge >= 0.3 is 13.7 Å². The summed E-state index contributed by atoms with van der Waals surface area (Å²) in [6.07, 6.45) is -2.54. The number of allylic oxidation sites excluding steroid dienone is 1. The number of hydrogen-bond acceptors (Lipinski definition) is 10. The highest BCUT2D eigenvalue weighted by molar-refractivity contribution is 7.52. The number of ketones is 1. The molecule has 2 aliphatic heterocycles. The first kappa shape index (κ1) is 29.3. The number of esters is 1. The summed E-state index contributed by atoms with van der Waals surface area (Å²) in [5, 5.41) is 17.2. The fourth-order valence-electron chi connectivity index (χ4n) is 3.84. The van der Waals surface area contributed by atoms with E-state index in [0.717, 1.165) is 4.90 Å². The van der Waals surface area contributed by atoms with E-state index in [-0.39, 0.29) is 5.75 Å². The number of carbonyl (C=O) groups excluding carboxylic acids is 3. The van der Waals surface area contributed by atoms with Gasteiger partial charge in [-0.15, -0.1) is 0 Å². The normalized spacial score (nSPS) is 27.5. The molecule has 1 amide bonds. The third-order valence-corrected chi connectivity index (χ3v) is 7.38. The molecule has 14 nitrogen and oxygen atoms in total. The topological polar surface area (TPSA) is 189 Å².